The highest BCUT2D eigenvalue weighted by Gasteiger charge is 2.35. The highest BCUT2D eigenvalue weighted by atomic mass is 16.2. The molecular weight excluding hydrogens is 236 g/mol. The van der Waals surface area contributed by atoms with Gasteiger partial charge in [0.2, 0.25) is 5.91 Å². The van der Waals surface area contributed by atoms with Crippen LogP contribution in [-0.2, 0) is 4.79 Å². The minimum atomic E-state index is 0.379. The Kier molecular flexibility index (Phi) is 4.54. The minimum Gasteiger partial charge on any atom is -0.340 e. The zero-order valence-corrected chi connectivity index (χ0v) is 13.1. The number of carbonyl (C=O) groups excluding carboxylic acids is 1. The third-order valence-electron chi connectivity index (χ3n) is 4.81. The van der Waals surface area contributed by atoms with E-state index in [9.17, 15) is 4.79 Å². The maximum Gasteiger partial charge on any atom is 0.225 e. The molecule has 3 heteroatoms. The summed E-state index contributed by atoms with van der Waals surface area (Å²) in [6.45, 7) is 14.5. The van der Waals surface area contributed by atoms with Gasteiger partial charge in [0.05, 0.1) is 0 Å². The van der Waals surface area contributed by atoms with Crippen molar-refractivity contribution in [3.63, 3.8) is 0 Å². The fraction of sp³-hybridized carbons (Fsp3) is 0.938. The van der Waals surface area contributed by atoms with E-state index in [0.717, 1.165) is 44.9 Å². The fourth-order valence-electron chi connectivity index (χ4n) is 3.07. The van der Waals surface area contributed by atoms with Gasteiger partial charge in [-0.1, -0.05) is 34.1 Å². The highest BCUT2D eigenvalue weighted by Crippen LogP contribution is 2.32. The van der Waals surface area contributed by atoms with Crippen LogP contribution in [0.4, 0.5) is 0 Å². The lowest BCUT2D eigenvalue weighted by Crippen LogP contribution is -2.51. The lowest BCUT2D eigenvalue weighted by molar-refractivity contribution is -0.134. The monoisotopic (exact) mass is 266 g/mol. The number of nitrogens with zero attached hydrogens (tertiary/aromatic N) is 2. The Balaban J connectivity index is 1.77. The molecule has 1 aliphatic heterocycles. The molecule has 0 spiro atoms. The van der Waals surface area contributed by atoms with Crippen LogP contribution in [0.25, 0.3) is 0 Å². The largest absolute Gasteiger partial charge is 0.340 e. The molecule has 2 fully saturated rings. The van der Waals surface area contributed by atoms with E-state index in [-0.39, 0.29) is 0 Å². The van der Waals surface area contributed by atoms with E-state index in [1.807, 2.05) is 0 Å². The quantitative estimate of drug-likeness (QED) is 0.781. The number of amides is 1. The Morgan fingerprint density at radius 2 is 1.74 bits per heavy atom. The van der Waals surface area contributed by atoms with E-state index in [2.05, 4.69) is 37.5 Å². The first-order chi connectivity index (χ1) is 8.91. The molecule has 0 N–H and O–H groups in total. The van der Waals surface area contributed by atoms with Crippen molar-refractivity contribution >= 4 is 5.91 Å². The summed E-state index contributed by atoms with van der Waals surface area (Å²) in [6.07, 6.45) is 3.49. The number of carbonyl (C=O) groups is 1. The molecule has 1 saturated heterocycles. The first-order valence-corrected chi connectivity index (χ1v) is 7.93. The summed E-state index contributed by atoms with van der Waals surface area (Å²) < 4.78 is 0. The van der Waals surface area contributed by atoms with Crippen LogP contribution >= 0.6 is 0 Å². The molecule has 3 nitrogen and oxygen atoms in total. The molecule has 1 saturated carbocycles. The molecule has 0 aromatic carbocycles. The van der Waals surface area contributed by atoms with E-state index >= 15 is 0 Å². The van der Waals surface area contributed by atoms with Crippen molar-refractivity contribution in [2.24, 2.45) is 17.3 Å². The van der Waals surface area contributed by atoms with E-state index in [1.165, 1.54) is 13.0 Å². The number of hydrogen-bond donors (Lipinski definition) is 0. The van der Waals surface area contributed by atoms with E-state index < -0.39 is 0 Å². The summed E-state index contributed by atoms with van der Waals surface area (Å²) in [5.41, 5.74) is 0.385. The van der Waals surface area contributed by atoms with Gasteiger partial charge < -0.3 is 4.90 Å². The van der Waals surface area contributed by atoms with Gasteiger partial charge in [0.25, 0.3) is 0 Å². The van der Waals surface area contributed by atoms with Gasteiger partial charge in [-0.05, 0) is 24.2 Å². The van der Waals surface area contributed by atoms with Crippen molar-refractivity contribution in [3.05, 3.63) is 0 Å². The maximum atomic E-state index is 12.0. The number of hydrogen-bond acceptors (Lipinski definition) is 2. The summed E-state index contributed by atoms with van der Waals surface area (Å²) >= 11 is 0. The van der Waals surface area contributed by atoms with Gasteiger partial charge in [0.15, 0.2) is 0 Å². The van der Waals surface area contributed by atoms with Crippen LogP contribution in [0.3, 0.4) is 0 Å². The van der Waals surface area contributed by atoms with Crippen molar-refractivity contribution in [1.29, 1.82) is 0 Å². The third-order valence-corrected chi connectivity index (χ3v) is 4.81. The Morgan fingerprint density at radius 1 is 1.16 bits per heavy atom. The lowest BCUT2D eigenvalue weighted by Gasteiger charge is -2.39. The van der Waals surface area contributed by atoms with Crippen LogP contribution in [0.2, 0.25) is 0 Å². The van der Waals surface area contributed by atoms with Gasteiger partial charge >= 0.3 is 0 Å². The summed E-state index contributed by atoms with van der Waals surface area (Å²) in [4.78, 5) is 16.7. The molecule has 1 unspecified atom stereocenters. The molecule has 2 rings (SSSR count). The SMILES string of the molecule is CCC(CN1CCN(C(=O)C2CC2)CC1)C(C)(C)C. The normalized spacial score (nSPS) is 23.5. The predicted octanol–water partition coefficient (Wildman–Crippen LogP) is 2.61. The second-order valence-electron chi connectivity index (χ2n) is 7.37. The predicted molar refractivity (Wildman–Crippen MR) is 79.0 cm³/mol. The van der Waals surface area contributed by atoms with Crippen LogP contribution in [0.15, 0.2) is 0 Å². The van der Waals surface area contributed by atoms with Crippen LogP contribution in [0.5, 0.6) is 0 Å². The molecule has 0 bridgehead atoms. The summed E-state index contributed by atoms with van der Waals surface area (Å²) in [6, 6.07) is 0. The first kappa shape index (κ1) is 14.8. The Bertz CT molecular complexity index is 309. The average molecular weight is 266 g/mol. The van der Waals surface area contributed by atoms with Crippen molar-refractivity contribution in [2.45, 2.75) is 47.0 Å². The third kappa shape index (κ3) is 3.95. The van der Waals surface area contributed by atoms with Crippen LogP contribution in [-0.4, -0.2) is 48.4 Å². The molecule has 1 amide bonds. The Labute approximate surface area is 118 Å². The van der Waals surface area contributed by atoms with Gasteiger partial charge in [-0.25, -0.2) is 0 Å². The Hall–Kier alpha value is -0.570. The molecule has 1 atom stereocenters. The second-order valence-corrected chi connectivity index (χ2v) is 7.37. The summed E-state index contributed by atoms with van der Waals surface area (Å²) in [5, 5.41) is 0. The molecule has 1 aliphatic carbocycles. The van der Waals surface area contributed by atoms with Crippen molar-refractivity contribution in [3.8, 4) is 0 Å². The Morgan fingerprint density at radius 3 is 2.16 bits per heavy atom. The topological polar surface area (TPSA) is 23.6 Å². The molecule has 0 aromatic heterocycles. The highest BCUT2D eigenvalue weighted by molar-refractivity contribution is 5.81. The van der Waals surface area contributed by atoms with Crippen LogP contribution in [0, 0.1) is 17.3 Å². The van der Waals surface area contributed by atoms with Gasteiger partial charge in [-0.15, -0.1) is 0 Å². The van der Waals surface area contributed by atoms with E-state index in [1.54, 1.807) is 0 Å². The lowest BCUT2D eigenvalue weighted by atomic mass is 9.79. The smallest absolute Gasteiger partial charge is 0.225 e. The van der Waals surface area contributed by atoms with Gasteiger partial charge in [-0.3, -0.25) is 9.69 Å². The molecule has 1 heterocycles. The minimum absolute atomic E-state index is 0.379. The van der Waals surface area contributed by atoms with Gasteiger partial charge in [0, 0.05) is 38.6 Å². The first-order valence-electron chi connectivity index (χ1n) is 7.93. The van der Waals surface area contributed by atoms with Gasteiger partial charge in [0.1, 0.15) is 0 Å². The average Bonchev–Trinajstić information content (AvgIpc) is 3.18. The zero-order valence-electron chi connectivity index (χ0n) is 13.1. The number of piperazine rings is 1. The van der Waals surface area contributed by atoms with Crippen LogP contribution in [0.1, 0.15) is 47.0 Å². The maximum absolute atomic E-state index is 12.0. The molecule has 110 valence electrons. The molecule has 0 aromatic rings. The fourth-order valence-corrected chi connectivity index (χ4v) is 3.07. The van der Waals surface area contributed by atoms with Crippen molar-refractivity contribution in [2.75, 3.05) is 32.7 Å². The molecule has 2 aliphatic rings. The summed E-state index contributed by atoms with van der Waals surface area (Å²) in [7, 11) is 0. The van der Waals surface area contributed by atoms with Crippen molar-refractivity contribution in [1.82, 2.24) is 9.80 Å². The number of rotatable bonds is 4. The van der Waals surface area contributed by atoms with Gasteiger partial charge in [-0.2, -0.15) is 0 Å². The van der Waals surface area contributed by atoms with E-state index in [4.69, 9.17) is 0 Å². The zero-order chi connectivity index (χ0) is 14.0. The standard InChI is InChI=1S/C16H30N2O/c1-5-14(16(2,3)4)12-17-8-10-18(11-9-17)15(19)13-6-7-13/h13-14H,5-12H2,1-4H3. The summed E-state index contributed by atoms with van der Waals surface area (Å²) in [5.74, 6) is 1.55. The van der Waals surface area contributed by atoms with E-state index in [0.29, 0.717) is 17.2 Å². The molecule has 0 radical (unpaired) electrons. The van der Waals surface area contributed by atoms with Crippen molar-refractivity contribution < 1.29 is 4.79 Å². The second kappa shape index (κ2) is 5.82. The molecular formula is C16H30N2O. The molecule has 19 heavy (non-hydrogen) atoms. The van der Waals surface area contributed by atoms with Crippen LogP contribution < -0.4 is 0 Å².